The fraction of sp³-hybridized carbons (Fsp3) is 0.429. The minimum atomic E-state index is 0.718. The first kappa shape index (κ1) is 14.9. The van der Waals surface area contributed by atoms with Gasteiger partial charge in [0.1, 0.15) is 0 Å². The van der Waals surface area contributed by atoms with Crippen molar-refractivity contribution < 1.29 is 0 Å². The zero-order chi connectivity index (χ0) is 15.5. The lowest BCUT2D eigenvalue weighted by molar-refractivity contribution is 0.290. The summed E-state index contributed by atoms with van der Waals surface area (Å²) in [7, 11) is 0. The molecule has 2 saturated carbocycles. The fourth-order valence-electron chi connectivity index (χ4n) is 4.47. The van der Waals surface area contributed by atoms with Crippen LogP contribution in [-0.4, -0.2) is 12.1 Å². The van der Waals surface area contributed by atoms with Gasteiger partial charge in [0.25, 0.3) is 0 Å². The van der Waals surface area contributed by atoms with Gasteiger partial charge in [-0.05, 0) is 42.2 Å². The van der Waals surface area contributed by atoms with Crippen LogP contribution in [0.3, 0.4) is 0 Å². The van der Waals surface area contributed by atoms with Gasteiger partial charge in [0.05, 0.1) is 0 Å². The third kappa shape index (κ3) is 3.49. The quantitative estimate of drug-likeness (QED) is 0.849. The molecule has 120 valence electrons. The Hall–Kier alpha value is -1.64. The van der Waals surface area contributed by atoms with Gasteiger partial charge in [-0.3, -0.25) is 0 Å². The van der Waals surface area contributed by atoms with Crippen molar-refractivity contribution in [3.05, 3.63) is 71.8 Å². The van der Waals surface area contributed by atoms with Gasteiger partial charge in [0.2, 0.25) is 0 Å². The average molecular weight is 306 g/mol. The first-order valence-corrected chi connectivity index (χ1v) is 8.93. The van der Waals surface area contributed by atoms with Gasteiger partial charge >= 0.3 is 0 Å². The normalized spacial score (nSPS) is 29.0. The first-order chi connectivity index (χ1) is 11.4. The van der Waals surface area contributed by atoms with Crippen LogP contribution in [0.25, 0.3) is 0 Å². The summed E-state index contributed by atoms with van der Waals surface area (Å²) >= 11 is 0. The van der Waals surface area contributed by atoms with E-state index in [4.69, 9.17) is 0 Å². The summed E-state index contributed by atoms with van der Waals surface area (Å²) in [6.07, 6.45) is 4.08. The lowest BCUT2D eigenvalue weighted by Crippen LogP contribution is -2.41. The van der Waals surface area contributed by atoms with Gasteiger partial charge in [-0.25, -0.2) is 0 Å². The van der Waals surface area contributed by atoms with E-state index in [0.717, 1.165) is 37.0 Å². The van der Waals surface area contributed by atoms with E-state index in [0.29, 0.717) is 0 Å². The van der Waals surface area contributed by atoms with E-state index in [1.165, 1.54) is 30.4 Å². The SMILES string of the molecule is c1ccc(CN[C@H]2C[C@H]3C[C@@H]2C[C@@H]3NCc2ccccc2)cc1. The van der Waals surface area contributed by atoms with Gasteiger partial charge in [-0.15, -0.1) is 0 Å². The zero-order valence-electron chi connectivity index (χ0n) is 13.6. The zero-order valence-corrected chi connectivity index (χ0v) is 13.6. The molecule has 4 rings (SSSR count). The molecule has 0 amide bonds. The molecule has 2 aromatic carbocycles. The van der Waals surface area contributed by atoms with Gasteiger partial charge in [0.15, 0.2) is 0 Å². The van der Waals surface area contributed by atoms with E-state index in [9.17, 15) is 0 Å². The third-order valence-corrected chi connectivity index (χ3v) is 5.68. The summed E-state index contributed by atoms with van der Waals surface area (Å²) in [5, 5.41) is 7.59. The van der Waals surface area contributed by atoms with Crippen LogP contribution < -0.4 is 10.6 Å². The Morgan fingerprint density at radius 1 is 0.609 bits per heavy atom. The number of rotatable bonds is 6. The summed E-state index contributed by atoms with van der Waals surface area (Å²) < 4.78 is 0. The highest BCUT2D eigenvalue weighted by Crippen LogP contribution is 2.44. The monoisotopic (exact) mass is 306 g/mol. The molecule has 2 aliphatic carbocycles. The summed E-state index contributed by atoms with van der Waals surface area (Å²) in [6, 6.07) is 23.0. The smallest absolute Gasteiger partial charge is 0.0208 e. The summed E-state index contributed by atoms with van der Waals surface area (Å²) in [4.78, 5) is 0. The molecule has 0 unspecified atom stereocenters. The van der Waals surface area contributed by atoms with Gasteiger partial charge in [0, 0.05) is 25.2 Å². The van der Waals surface area contributed by atoms with Crippen molar-refractivity contribution in [2.45, 2.75) is 44.4 Å². The molecule has 2 nitrogen and oxygen atoms in total. The van der Waals surface area contributed by atoms with E-state index in [1.807, 2.05) is 0 Å². The van der Waals surface area contributed by atoms with Gasteiger partial charge < -0.3 is 10.6 Å². The van der Waals surface area contributed by atoms with Crippen LogP contribution in [0.4, 0.5) is 0 Å². The van der Waals surface area contributed by atoms with E-state index in [-0.39, 0.29) is 0 Å². The maximum absolute atomic E-state index is 3.80. The largest absolute Gasteiger partial charge is 0.310 e. The van der Waals surface area contributed by atoms with Crippen molar-refractivity contribution in [2.24, 2.45) is 11.8 Å². The summed E-state index contributed by atoms with van der Waals surface area (Å²) in [5.41, 5.74) is 2.79. The number of fused-ring (bicyclic) bond motifs is 2. The van der Waals surface area contributed by atoms with Crippen molar-refractivity contribution in [1.29, 1.82) is 0 Å². The van der Waals surface area contributed by atoms with Crippen LogP contribution in [0.2, 0.25) is 0 Å². The molecule has 0 aliphatic heterocycles. The lowest BCUT2D eigenvalue weighted by atomic mass is 9.91. The predicted octanol–water partition coefficient (Wildman–Crippen LogP) is 3.73. The van der Waals surface area contributed by atoms with Crippen molar-refractivity contribution in [2.75, 3.05) is 0 Å². The number of nitrogens with one attached hydrogen (secondary N) is 2. The van der Waals surface area contributed by atoms with E-state index in [1.54, 1.807) is 0 Å². The molecule has 0 spiro atoms. The molecule has 0 saturated heterocycles. The minimum Gasteiger partial charge on any atom is -0.310 e. The first-order valence-electron chi connectivity index (χ1n) is 8.93. The standard InChI is InChI=1S/C21H26N2/c1-3-7-16(8-4-1)14-22-20-12-19-11-18(20)13-21(19)23-15-17-9-5-2-6-10-17/h1-10,18-23H,11-15H2/t18-,19-,20+,21+/m1/s1. The van der Waals surface area contributed by atoms with Crippen LogP contribution in [0.5, 0.6) is 0 Å². The minimum absolute atomic E-state index is 0.718. The fourth-order valence-corrected chi connectivity index (χ4v) is 4.47. The molecule has 2 fully saturated rings. The molecule has 2 N–H and O–H groups in total. The Morgan fingerprint density at radius 3 is 1.43 bits per heavy atom. The van der Waals surface area contributed by atoms with Crippen molar-refractivity contribution in [3.8, 4) is 0 Å². The Kier molecular flexibility index (Phi) is 4.45. The topological polar surface area (TPSA) is 24.1 Å². The molecule has 4 atom stereocenters. The van der Waals surface area contributed by atoms with Gasteiger partial charge in [-0.1, -0.05) is 60.7 Å². The van der Waals surface area contributed by atoms with Crippen LogP contribution in [0, 0.1) is 11.8 Å². The summed E-state index contributed by atoms with van der Waals surface area (Å²) in [6.45, 7) is 2.02. The van der Waals surface area contributed by atoms with Gasteiger partial charge in [-0.2, -0.15) is 0 Å². The van der Waals surface area contributed by atoms with E-state index in [2.05, 4.69) is 71.3 Å². The highest BCUT2D eigenvalue weighted by atomic mass is 15.0. The van der Waals surface area contributed by atoms with Crippen molar-refractivity contribution >= 4 is 0 Å². The molecule has 2 bridgehead atoms. The van der Waals surface area contributed by atoms with Crippen LogP contribution in [0.1, 0.15) is 30.4 Å². The lowest BCUT2D eigenvalue weighted by Gasteiger charge is -2.29. The second-order valence-electron chi connectivity index (χ2n) is 7.17. The molecule has 23 heavy (non-hydrogen) atoms. The summed E-state index contributed by atoms with van der Waals surface area (Å²) in [5.74, 6) is 1.72. The number of hydrogen-bond donors (Lipinski definition) is 2. The Labute approximate surface area is 139 Å². The molecular formula is C21H26N2. The molecule has 0 aromatic heterocycles. The molecule has 2 aliphatic rings. The molecule has 2 aromatic rings. The van der Waals surface area contributed by atoms with E-state index >= 15 is 0 Å². The van der Waals surface area contributed by atoms with Crippen molar-refractivity contribution in [1.82, 2.24) is 10.6 Å². The molecular weight excluding hydrogens is 280 g/mol. The number of hydrogen-bond acceptors (Lipinski definition) is 2. The third-order valence-electron chi connectivity index (χ3n) is 5.68. The van der Waals surface area contributed by atoms with Crippen LogP contribution in [-0.2, 0) is 13.1 Å². The highest BCUT2D eigenvalue weighted by molar-refractivity contribution is 5.16. The molecule has 0 heterocycles. The number of benzene rings is 2. The highest BCUT2D eigenvalue weighted by Gasteiger charge is 2.45. The predicted molar refractivity (Wildman–Crippen MR) is 95.0 cm³/mol. The van der Waals surface area contributed by atoms with Crippen molar-refractivity contribution in [3.63, 3.8) is 0 Å². The maximum Gasteiger partial charge on any atom is 0.0208 e. The average Bonchev–Trinajstić information content (AvgIpc) is 3.20. The second kappa shape index (κ2) is 6.86. The maximum atomic E-state index is 3.80. The molecule has 2 heteroatoms. The Balaban J connectivity index is 1.25. The van der Waals surface area contributed by atoms with Crippen LogP contribution in [0.15, 0.2) is 60.7 Å². The van der Waals surface area contributed by atoms with E-state index < -0.39 is 0 Å². The molecule has 0 radical (unpaired) electrons. The van der Waals surface area contributed by atoms with Crippen LogP contribution >= 0.6 is 0 Å². The Bertz CT molecular complexity index is 555. The second-order valence-corrected chi connectivity index (χ2v) is 7.17. The Morgan fingerprint density at radius 2 is 1.04 bits per heavy atom.